The number of unbranched alkanes of at least 4 members (excludes halogenated alkanes) is 16. The molecule has 0 saturated heterocycles. The number of carbonyl (C=O) groups is 2. The molecule has 8 nitrogen and oxygen atoms in total. The first-order valence-corrected chi connectivity index (χ1v) is 23.3. The Morgan fingerprint density at radius 3 is 1.02 bits per heavy atom. The first-order valence-electron chi connectivity index (χ1n) is 23.3. The van der Waals surface area contributed by atoms with Gasteiger partial charge in [-0.2, -0.15) is 0 Å². The van der Waals surface area contributed by atoms with Gasteiger partial charge in [0.05, 0.1) is 37.6 Å². The Morgan fingerprint density at radius 2 is 0.729 bits per heavy atom. The van der Waals surface area contributed by atoms with Gasteiger partial charge < -0.3 is 39.5 Å². The van der Waals surface area contributed by atoms with Crippen LogP contribution in [0.1, 0.15) is 205 Å². The molecule has 0 bridgehead atoms. The van der Waals surface area contributed by atoms with Crippen LogP contribution in [0.2, 0.25) is 0 Å². The molecule has 0 aliphatic heterocycles. The van der Waals surface area contributed by atoms with Crippen molar-refractivity contribution in [1.82, 2.24) is 0 Å². The summed E-state index contributed by atoms with van der Waals surface area (Å²) >= 11 is 0. The monoisotopic (exact) mass is 949 g/mol. The molecule has 332 valence electrons. The van der Waals surface area contributed by atoms with Crippen LogP contribution in [0.15, 0.2) is 60.7 Å². The molecular formula is C50H82BaO8. The zero-order valence-electron chi connectivity index (χ0n) is 37.3. The van der Waals surface area contributed by atoms with Crippen molar-refractivity contribution in [3.8, 4) is 0 Å². The molecule has 0 fully saturated rings. The minimum Gasteiger partial charge on any atom is -0.550 e. The Hall–Kier alpha value is -1.21. The van der Waals surface area contributed by atoms with Crippen molar-refractivity contribution in [2.24, 2.45) is 0 Å². The maximum absolute atomic E-state index is 10.5. The van der Waals surface area contributed by atoms with Gasteiger partial charge in [-0.3, -0.25) is 0 Å². The topological polar surface area (TPSA) is 139 Å². The zero-order chi connectivity index (χ0) is 42.3. The predicted molar refractivity (Wildman–Crippen MR) is 238 cm³/mol. The largest absolute Gasteiger partial charge is 2.00 e. The Morgan fingerprint density at radius 1 is 0.458 bits per heavy atom. The summed E-state index contributed by atoms with van der Waals surface area (Å²) in [7, 11) is 0. The van der Waals surface area contributed by atoms with Gasteiger partial charge in [-0.1, -0.05) is 203 Å². The van der Waals surface area contributed by atoms with E-state index in [1.807, 2.05) is 12.1 Å². The van der Waals surface area contributed by atoms with Crippen LogP contribution in [0.4, 0.5) is 0 Å². The van der Waals surface area contributed by atoms with Crippen LogP contribution < -0.4 is 10.2 Å². The fraction of sp³-hybridized carbons (Fsp3) is 0.720. The van der Waals surface area contributed by atoms with E-state index >= 15 is 0 Å². The number of carboxylic acids is 2. The number of ether oxygens (including phenoxy) is 2. The number of rotatable bonds is 38. The Kier molecular flexibility index (Phi) is 41.2. The Bertz CT molecular complexity index is 1110. The van der Waals surface area contributed by atoms with Gasteiger partial charge in [-0.25, -0.2) is 0 Å². The average Bonchev–Trinajstić information content (AvgIpc) is 3.21. The summed E-state index contributed by atoms with van der Waals surface area (Å²) in [5, 5.41) is 40.1. The predicted octanol–water partition coefficient (Wildman–Crippen LogP) is 9.95. The SMILES string of the molecule is CCCCCCCCC(CCCCCCC(O)CC(=O)[O-])OCc1ccccc1.CCCCCCCCC(CCCCCCC(O)CC(=O)[O-])OCc1ccccc1.[Ba+2]. The first kappa shape index (κ1) is 57.8. The Labute approximate surface area is 400 Å². The molecule has 2 aromatic carbocycles. The summed E-state index contributed by atoms with van der Waals surface area (Å²) < 4.78 is 12.5. The normalized spacial score (nSPS) is 13.1. The van der Waals surface area contributed by atoms with Crippen molar-refractivity contribution in [3.63, 3.8) is 0 Å². The van der Waals surface area contributed by atoms with Crippen LogP contribution in [-0.4, -0.2) is 95.4 Å². The van der Waals surface area contributed by atoms with Gasteiger partial charge in [0.2, 0.25) is 0 Å². The minimum atomic E-state index is -1.18. The summed E-state index contributed by atoms with van der Waals surface area (Å²) in [6, 6.07) is 20.7. The molecule has 0 aliphatic carbocycles. The number of aliphatic carboxylic acids is 2. The third-order valence-corrected chi connectivity index (χ3v) is 10.8. The summed E-state index contributed by atoms with van der Waals surface area (Å²) in [5.74, 6) is -2.35. The minimum absolute atomic E-state index is 0. The second-order valence-corrected chi connectivity index (χ2v) is 16.4. The second-order valence-electron chi connectivity index (χ2n) is 16.4. The molecule has 0 spiro atoms. The smallest absolute Gasteiger partial charge is 0.550 e. The molecule has 59 heavy (non-hydrogen) atoms. The molecule has 4 unspecified atom stereocenters. The molecule has 0 amide bonds. The number of carbonyl (C=O) groups excluding carboxylic acids is 2. The summed E-state index contributed by atoms with van der Waals surface area (Å²) in [5.41, 5.74) is 2.45. The van der Waals surface area contributed by atoms with Crippen LogP contribution >= 0.6 is 0 Å². The van der Waals surface area contributed by atoms with Crippen molar-refractivity contribution < 1.29 is 39.5 Å². The third-order valence-electron chi connectivity index (χ3n) is 10.8. The molecule has 0 radical (unpaired) electrons. The van der Waals surface area contributed by atoms with E-state index in [1.54, 1.807) is 0 Å². The van der Waals surface area contributed by atoms with Gasteiger partial charge >= 0.3 is 48.9 Å². The van der Waals surface area contributed by atoms with E-state index in [9.17, 15) is 30.0 Å². The van der Waals surface area contributed by atoms with Crippen LogP contribution in [0.3, 0.4) is 0 Å². The molecule has 0 heterocycles. The molecule has 0 aliphatic rings. The van der Waals surface area contributed by atoms with E-state index in [0.717, 1.165) is 77.0 Å². The molecule has 0 saturated carbocycles. The van der Waals surface area contributed by atoms with Gasteiger partial charge in [-0.15, -0.1) is 0 Å². The van der Waals surface area contributed by atoms with Gasteiger partial charge in [0.25, 0.3) is 0 Å². The maximum atomic E-state index is 10.5. The third kappa shape index (κ3) is 38.2. The van der Waals surface area contributed by atoms with Gasteiger partial charge in [0.15, 0.2) is 0 Å². The van der Waals surface area contributed by atoms with Crippen LogP contribution in [0.25, 0.3) is 0 Å². The fourth-order valence-corrected chi connectivity index (χ4v) is 7.30. The summed E-state index contributed by atoms with van der Waals surface area (Å²) in [6.45, 7) is 5.85. The zero-order valence-corrected chi connectivity index (χ0v) is 41.8. The van der Waals surface area contributed by atoms with Gasteiger partial charge in [0.1, 0.15) is 0 Å². The standard InChI is InChI=1S/2C25H42O4.Ba/c2*1-2-3-4-5-6-13-18-24(29-21-22-15-10-9-11-16-22)19-14-8-7-12-17-23(26)20-25(27)28;/h2*9-11,15-16,23-24,26H,2-8,12-14,17-21H2,1H3,(H,27,28);/q;;+2/p-2. The Balaban J connectivity index is 0.00000112. The number of benzene rings is 2. The van der Waals surface area contributed by atoms with Crippen molar-refractivity contribution in [2.45, 2.75) is 231 Å². The summed E-state index contributed by atoms with van der Waals surface area (Å²) in [4.78, 5) is 20.9. The number of carboxylic acid groups (broad SMARTS) is 2. The van der Waals surface area contributed by atoms with E-state index in [4.69, 9.17) is 9.47 Å². The number of hydrogen-bond donors (Lipinski definition) is 2. The van der Waals surface area contributed by atoms with E-state index in [-0.39, 0.29) is 61.7 Å². The van der Waals surface area contributed by atoms with E-state index in [1.165, 1.54) is 88.2 Å². The summed E-state index contributed by atoms with van der Waals surface area (Å²) in [6.07, 6.45) is 27.9. The molecular weight excluding hydrogens is 866 g/mol. The van der Waals surface area contributed by atoms with E-state index in [2.05, 4.69) is 62.4 Å². The number of aliphatic hydroxyl groups is 2. The second kappa shape index (κ2) is 42.1. The van der Waals surface area contributed by atoms with Crippen LogP contribution in [0.5, 0.6) is 0 Å². The number of hydrogen-bond acceptors (Lipinski definition) is 8. The fourth-order valence-electron chi connectivity index (χ4n) is 7.30. The maximum Gasteiger partial charge on any atom is 2.00 e. The molecule has 4 atom stereocenters. The van der Waals surface area contributed by atoms with Gasteiger partial charge in [-0.05, 0) is 49.7 Å². The van der Waals surface area contributed by atoms with Crippen molar-refractivity contribution >= 4 is 60.8 Å². The van der Waals surface area contributed by atoms with E-state index < -0.39 is 24.1 Å². The van der Waals surface area contributed by atoms with Crippen LogP contribution in [0, 0.1) is 0 Å². The average molecular weight is 949 g/mol. The molecule has 9 heteroatoms. The van der Waals surface area contributed by atoms with Crippen molar-refractivity contribution in [1.29, 1.82) is 0 Å². The quantitative estimate of drug-likeness (QED) is 0.0501. The van der Waals surface area contributed by atoms with Crippen molar-refractivity contribution in [3.05, 3.63) is 71.8 Å². The number of aliphatic hydroxyl groups excluding tert-OH is 2. The van der Waals surface area contributed by atoms with Gasteiger partial charge in [0, 0.05) is 24.8 Å². The van der Waals surface area contributed by atoms with Crippen molar-refractivity contribution in [2.75, 3.05) is 0 Å². The van der Waals surface area contributed by atoms with E-state index in [0.29, 0.717) is 38.3 Å². The first-order chi connectivity index (χ1) is 28.2. The molecule has 2 N–H and O–H groups in total. The van der Waals surface area contributed by atoms with Crippen LogP contribution in [-0.2, 0) is 32.3 Å². The molecule has 0 aromatic heterocycles. The molecule has 2 aromatic rings. The molecule has 2 rings (SSSR count).